The van der Waals surface area contributed by atoms with Gasteiger partial charge in [0, 0.05) is 11.8 Å². The zero-order chi connectivity index (χ0) is 10.1. The molecule has 2 aromatic rings. The maximum atomic E-state index is 5.97. The van der Waals surface area contributed by atoms with Crippen LogP contribution in [0.5, 0.6) is 0 Å². The van der Waals surface area contributed by atoms with Gasteiger partial charge < -0.3 is 5.73 Å². The van der Waals surface area contributed by atoms with Gasteiger partial charge in [0.05, 0.1) is 15.4 Å². The first kappa shape index (κ1) is 10.0. The smallest absolute Gasteiger partial charge is 0.159 e. The van der Waals surface area contributed by atoms with E-state index in [4.69, 9.17) is 17.3 Å². The van der Waals surface area contributed by atoms with E-state index in [0.29, 0.717) is 12.4 Å². The van der Waals surface area contributed by atoms with Gasteiger partial charge in [-0.2, -0.15) is 5.10 Å². The molecule has 6 heteroatoms. The number of nitrogens with two attached hydrogens (primary N) is 1. The summed E-state index contributed by atoms with van der Waals surface area (Å²) in [5.41, 5.74) is 6.66. The molecule has 0 bridgehead atoms. The minimum atomic E-state index is 0.497. The van der Waals surface area contributed by atoms with Crippen molar-refractivity contribution in [1.82, 2.24) is 9.78 Å². The maximum Gasteiger partial charge on any atom is 0.159 e. The van der Waals surface area contributed by atoms with Crippen molar-refractivity contribution in [3.8, 4) is 0 Å². The van der Waals surface area contributed by atoms with Crippen molar-refractivity contribution in [2.75, 3.05) is 5.73 Å². The number of aromatic nitrogens is 2. The van der Waals surface area contributed by atoms with E-state index < -0.39 is 0 Å². The van der Waals surface area contributed by atoms with Gasteiger partial charge in [0.15, 0.2) is 5.82 Å². The summed E-state index contributed by atoms with van der Waals surface area (Å²) in [6.07, 6.45) is 1.84. The molecule has 2 heterocycles. The summed E-state index contributed by atoms with van der Waals surface area (Å²) in [4.78, 5) is 0. The summed E-state index contributed by atoms with van der Waals surface area (Å²) in [5, 5.41) is 6.08. The van der Waals surface area contributed by atoms with Crippen LogP contribution in [0, 0.1) is 0 Å². The number of nitrogens with zero attached hydrogens (tertiary/aromatic N) is 2. The minimum absolute atomic E-state index is 0.497. The molecule has 74 valence electrons. The average Bonchev–Trinajstić information content (AvgIpc) is 2.63. The third-order valence-corrected chi connectivity index (χ3v) is 3.63. The van der Waals surface area contributed by atoms with Crippen LogP contribution in [0.3, 0.4) is 0 Å². The zero-order valence-corrected chi connectivity index (χ0v) is 10.2. The highest BCUT2D eigenvalue weighted by molar-refractivity contribution is 9.10. The van der Waals surface area contributed by atoms with E-state index >= 15 is 0 Å². The summed E-state index contributed by atoms with van der Waals surface area (Å²) in [7, 11) is 0. The van der Waals surface area contributed by atoms with Gasteiger partial charge in [-0.25, -0.2) is 0 Å². The Bertz CT molecular complexity index is 432. The first-order valence-corrected chi connectivity index (χ1v) is 5.92. The number of halogens is 2. The fourth-order valence-corrected chi connectivity index (χ4v) is 2.33. The highest BCUT2D eigenvalue weighted by Gasteiger charge is 2.05. The molecule has 0 saturated carbocycles. The molecule has 0 unspecified atom stereocenters. The van der Waals surface area contributed by atoms with Gasteiger partial charge in [-0.3, -0.25) is 4.68 Å². The van der Waals surface area contributed by atoms with Crippen LogP contribution in [0.25, 0.3) is 0 Å². The van der Waals surface area contributed by atoms with Crippen molar-refractivity contribution < 1.29 is 0 Å². The van der Waals surface area contributed by atoms with Crippen molar-refractivity contribution in [2.45, 2.75) is 6.54 Å². The Balaban J connectivity index is 2.23. The third-order valence-electron chi connectivity index (χ3n) is 1.77. The predicted molar refractivity (Wildman–Crippen MR) is 62.8 cm³/mol. The molecule has 2 rings (SSSR count). The van der Waals surface area contributed by atoms with Crippen LogP contribution in [0.15, 0.2) is 22.1 Å². The summed E-state index contributed by atoms with van der Waals surface area (Å²) < 4.78 is 3.37. The molecule has 2 N–H and O–H groups in total. The summed E-state index contributed by atoms with van der Waals surface area (Å²) in [6, 6.07) is 1.98. The SMILES string of the molecule is Nc1nn(Cc2ccsc2Cl)cc1Br. The van der Waals surface area contributed by atoms with E-state index in [9.17, 15) is 0 Å². The van der Waals surface area contributed by atoms with Crippen LogP contribution in [-0.2, 0) is 6.54 Å². The summed E-state index contributed by atoms with van der Waals surface area (Å²) in [6.45, 7) is 0.651. The molecule has 0 radical (unpaired) electrons. The fraction of sp³-hybridized carbons (Fsp3) is 0.125. The monoisotopic (exact) mass is 291 g/mol. The second kappa shape index (κ2) is 3.92. The second-order valence-electron chi connectivity index (χ2n) is 2.78. The Labute approximate surface area is 98.6 Å². The first-order valence-electron chi connectivity index (χ1n) is 3.87. The van der Waals surface area contributed by atoms with Crippen LogP contribution < -0.4 is 5.73 Å². The summed E-state index contributed by atoms with van der Waals surface area (Å²) >= 11 is 10.8. The van der Waals surface area contributed by atoms with Gasteiger partial charge in [0.1, 0.15) is 0 Å². The fourth-order valence-electron chi connectivity index (χ4n) is 1.10. The van der Waals surface area contributed by atoms with Crippen molar-refractivity contribution >= 4 is 44.7 Å². The van der Waals surface area contributed by atoms with Crippen LogP contribution in [0.4, 0.5) is 5.82 Å². The number of hydrogen-bond donors (Lipinski definition) is 1. The van der Waals surface area contributed by atoms with E-state index in [1.807, 2.05) is 17.6 Å². The molecule has 0 atom stereocenters. The molecule has 0 aliphatic carbocycles. The Kier molecular flexibility index (Phi) is 2.80. The Morgan fingerprint density at radius 3 is 2.93 bits per heavy atom. The van der Waals surface area contributed by atoms with Gasteiger partial charge in [0.25, 0.3) is 0 Å². The lowest BCUT2D eigenvalue weighted by molar-refractivity contribution is 0.691. The summed E-state index contributed by atoms with van der Waals surface area (Å²) in [5.74, 6) is 0.497. The number of nitrogen functional groups attached to an aromatic ring is 1. The lowest BCUT2D eigenvalue weighted by Crippen LogP contribution is -2.00. The zero-order valence-electron chi connectivity index (χ0n) is 7.08. The molecule has 0 fully saturated rings. The molecule has 0 aliphatic rings. The molecule has 14 heavy (non-hydrogen) atoms. The quantitative estimate of drug-likeness (QED) is 0.925. The highest BCUT2D eigenvalue weighted by atomic mass is 79.9. The molecule has 0 aliphatic heterocycles. The largest absolute Gasteiger partial charge is 0.381 e. The molecule has 0 aromatic carbocycles. The molecular weight excluding hydrogens is 286 g/mol. The van der Waals surface area contributed by atoms with Crippen LogP contribution in [0.2, 0.25) is 4.34 Å². The first-order chi connectivity index (χ1) is 6.66. The van der Waals surface area contributed by atoms with E-state index in [1.54, 1.807) is 4.68 Å². The van der Waals surface area contributed by atoms with Gasteiger partial charge in [-0.1, -0.05) is 11.6 Å². The molecule has 0 amide bonds. The predicted octanol–water partition coefficient (Wildman–Crippen LogP) is 2.99. The molecular formula is C8H7BrClN3S. The van der Waals surface area contributed by atoms with Crippen LogP contribution in [-0.4, -0.2) is 9.78 Å². The van der Waals surface area contributed by atoms with Gasteiger partial charge in [-0.15, -0.1) is 11.3 Å². The average molecular weight is 293 g/mol. The topological polar surface area (TPSA) is 43.8 Å². The standard InChI is InChI=1S/C8H7BrClN3S/c9-6-4-13(12-8(6)11)3-5-1-2-14-7(5)10/h1-2,4H,3H2,(H2,11,12). The molecule has 0 saturated heterocycles. The third kappa shape index (κ3) is 1.94. The number of rotatable bonds is 2. The number of hydrogen-bond acceptors (Lipinski definition) is 3. The van der Waals surface area contributed by atoms with E-state index in [1.165, 1.54) is 11.3 Å². The van der Waals surface area contributed by atoms with E-state index in [-0.39, 0.29) is 0 Å². The maximum absolute atomic E-state index is 5.97. The molecule has 0 spiro atoms. The van der Waals surface area contributed by atoms with E-state index in [2.05, 4.69) is 21.0 Å². The lowest BCUT2D eigenvalue weighted by Gasteiger charge is -1.98. The second-order valence-corrected chi connectivity index (χ2v) is 5.15. The lowest BCUT2D eigenvalue weighted by atomic mass is 10.3. The van der Waals surface area contributed by atoms with Crippen molar-refractivity contribution in [3.63, 3.8) is 0 Å². The van der Waals surface area contributed by atoms with Gasteiger partial charge in [-0.05, 0) is 27.4 Å². The Morgan fingerprint density at radius 2 is 2.43 bits per heavy atom. The molecule has 3 nitrogen and oxygen atoms in total. The minimum Gasteiger partial charge on any atom is -0.381 e. The normalized spacial score (nSPS) is 10.7. The van der Waals surface area contributed by atoms with Crippen LogP contribution >= 0.6 is 38.9 Å². The van der Waals surface area contributed by atoms with E-state index in [0.717, 1.165) is 14.4 Å². The number of anilines is 1. The van der Waals surface area contributed by atoms with Crippen molar-refractivity contribution in [3.05, 3.63) is 32.0 Å². The number of thiophene rings is 1. The molecule has 2 aromatic heterocycles. The Hall–Kier alpha value is -0.520. The Morgan fingerprint density at radius 1 is 1.64 bits per heavy atom. The van der Waals surface area contributed by atoms with Crippen LogP contribution in [0.1, 0.15) is 5.56 Å². The van der Waals surface area contributed by atoms with Gasteiger partial charge in [0.2, 0.25) is 0 Å². The highest BCUT2D eigenvalue weighted by Crippen LogP contribution is 2.24. The van der Waals surface area contributed by atoms with Crippen molar-refractivity contribution in [2.24, 2.45) is 0 Å². The van der Waals surface area contributed by atoms with Gasteiger partial charge >= 0.3 is 0 Å². The van der Waals surface area contributed by atoms with Crippen molar-refractivity contribution in [1.29, 1.82) is 0 Å².